The maximum absolute atomic E-state index is 13.0. The lowest BCUT2D eigenvalue weighted by atomic mass is 10.1. The fraction of sp³-hybridized carbons (Fsp3) is 0.743. The second kappa shape index (κ2) is 67.8. The van der Waals surface area contributed by atoms with Crippen LogP contribution in [0.4, 0.5) is 0 Å². The second-order valence-electron chi connectivity index (χ2n) is 22.7. The molecule has 0 aromatic rings. The van der Waals surface area contributed by atoms with E-state index in [1.165, 1.54) is 180 Å². The van der Waals surface area contributed by atoms with Crippen molar-refractivity contribution in [1.82, 2.24) is 0 Å². The average molecular weight is 1110 g/mol. The Balaban J connectivity index is 4.38. The summed E-state index contributed by atoms with van der Waals surface area (Å²) in [6.07, 6.45) is 91.3. The summed E-state index contributed by atoms with van der Waals surface area (Å²) in [4.78, 5) is 38.4. The summed E-state index contributed by atoms with van der Waals surface area (Å²) in [5.41, 5.74) is 0. The summed E-state index contributed by atoms with van der Waals surface area (Å²) < 4.78 is 17.0. The molecule has 0 fully saturated rings. The number of carbonyl (C=O) groups is 3. The van der Waals surface area contributed by atoms with E-state index in [9.17, 15) is 14.4 Å². The van der Waals surface area contributed by atoms with Crippen molar-refractivity contribution < 1.29 is 28.6 Å². The number of allylic oxidation sites excluding steroid dienone is 16. The molecule has 1 atom stereocenters. The zero-order valence-corrected chi connectivity index (χ0v) is 52.8. The Morgan fingerprint density at radius 3 is 0.787 bits per heavy atom. The standard InChI is InChI=1S/C74H128O6/c1-4-7-10-13-16-19-22-25-28-31-33-35-36-37-38-40-41-43-46-49-52-55-58-61-64-67-73(76)79-70-71(69-78-72(75)66-63-60-57-54-51-48-45-30-27-24-21-18-15-12-9-6-3)80-74(77)68-65-62-59-56-53-50-47-44-42-39-34-32-29-26-23-20-17-14-11-8-5-2/h7,10,16,19,21,24-25,28,30,32-35,37-38,45,71H,4-6,8-9,11-15,17-18,20,22-23,26-27,29,31,36,39-44,46-70H2,1-3H3/b10-7-,19-16-,24-21-,28-25-,34-32-,35-33-,38-37-,45-30-. The molecule has 0 rings (SSSR count). The van der Waals surface area contributed by atoms with Gasteiger partial charge in [0, 0.05) is 19.3 Å². The van der Waals surface area contributed by atoms with E-state index in [1.54, 1.807) is 0 Å². The summed E-state index contributed by atoms with van der Waals surface area (Å²) in [5.74, 6) is -0.892. The van der Waals surface area contributed by atoms with Crippen LogP contribution < -0.4 is 0 Å². The summed E-state index contributed by atoms with van der Waals surface area (Å²) in [6.45, 7) is 6.53. The molecule has 0 bridgehead atoms. The number of rotatable bonds is 62. The third-order valence-electron chi connectivity index (χ3n) is 14.8. The van der Waals surface area contributed by atoms with E-state index < -0.39 is 6.10 Å². The van der Waals surface area contributed by atoms with E-state index in [4.69, 9.17) is 14.2 Å². The van der Waals surface area contributed by atoms with Gasteiger partial charge in [-0.1, -0.05) is 291 Å². The Labute approximate surface area is 496 Å². The summed E-state index contributed by atoms with van der Waals surface area (Å²) >= 11 is 0. The van der Waals surface area contributed by atoms with E-state index in [-0.39, 0.29) is 31.1 Å². The van der Waals surface area contributed by atoms with Crippen LogP contribution in [0, 0.1) is 0 Å². The zero-order chi connectivity index (χ0) is 57.8. The molecular weight excluding hydrogens is 985 g/mol. The van der Waals surface area contributed by atoms with Crippen molar-refractivity contribution in [3.05, 3.63) is 97.2 Å². The molecule has 6 nitrogen and oxygen atoms in total. The number of esters is 3. The van der Waals surface area contributed by atoms with Crippen molar-refractivity contribution in [3.8, 4) is 0 Å². The molecule has 0 aromatic carbocycles. The molecule has 0 heterocycles. The summed E-state index contributed by atoms with van der Waals surface area (Å²) in [7, 11) is 0. The minimum atomic E-state index is -0.790. The van der Waals surface area contributed by atoms with Crippen LogP contribution in [-0.4, -0.2) is 37.2 Å². The van der Waals surface area contributed by atoms with Gasteiger partial charge in [-0.05, 0) is 122 Å². The first kappa shape index (κ1) is 76.3. The van der Waals surface area contributed by atoms with Gasteiger partial charge in [-0.25, -0.2) is 0 Å². The fourth-order valence-corrected chi connectivity index (χ4v) is 9.67. The quantitative estimate of drug-likeness (QED) is 0.0261. The first-order chi connectivity index (χ1) is 39.5. The van der Waals surface area contributed by atoms with E-state index in [2.05, 4.69) is 118 Å². The average Bonchev–Trinajstić information content (AvgIpc) is 3.46. The third-order valence-corrected chi connectivity index (χ3v) is 14.8. The lowest BCUT2D eigenvalue weighted by Crippen LogP contribution is -2.30. The first-order valence-electron chi connectivity index (χ1n) is 34.2. The Morgan fingerprint density at radius 2 is 0.487 bits per heavy atom. The van der Waals surface area contributed by atoms with E-state index in [0.29, 0.717) is 19.3 Å². The topological polar surface area (TPSA) is 78.9 Å². The van der Waals surface area contributed by atoms with Crippen LogP contribution in [-0.2, 0) is 28.6 Å². The van der Waals surface area contributed by atoms with E-state index in [0.717, 1.165) is 116 Å². The number of unbranched alkanes of at least 4 members (excludes halogenated alkanes) is 35. The fourth-order valence-electron chi connectivity index (χ4n) is 9.67. The number of hydrogen-bond donors (Lipinski definition) is 0. The van der Waals surface area contributed by atoms with Gasteiger partial charge in [0.1, 0.15) is 13.2 Å². The van der Waals surface area contributed by atoms with Gasteiger partial charge in [-0.2, -0.15) is 0 Å². The van der Waals surface area contributed by atoms with Crippen molar-refractivity contribution in [2.45, 2.75) is 341 Å². The molecule has 1 unspecified atom stereocenters. The number of hydrogen-bond acceptors (Lipinski definition) is 6. The maximum atomic E-state index is 13.0. The van der Waals surface area contributed by atoms with Crippen LogP contribution in [0.15, 0.2) is 97.2 Å². The highest BCUT2D eigenvalue weighted by Gasteiger charge is 2.19. The Bertz CT molecular complexity index is 1560. The molecular formula is C74H128O6. The van der Waals surface area contributed by atoms with Gasteiger partial charge in [0.25, 0.3) is 0 Å². The largest absolute Gasteiger partial charge is 0.462 e. The van der Waals surface area contributed by atoms with Crippen molar-refractivity contribution in [2.24, 2.45) is 0 Å². The Morgan fingerprint density at radius 1 is 0.263 bits per heavy atom. The molecule has 0 saturated carbocycles. The lowest BCUT2D eigenvalue weighted by molar-refractivity contribution is -0.167. The molecule has 6 heteroatoms. The molecule has 0 spiro atoms. The van der Waals surface area contributed by atoms with Crippen LogP contribution in [0.2, 0.25) is 0 Å². The van der Waals surface area contributed by atoms with Gasteiger partial charge in [0.05, 0.1) is 0 Å². The SMILES string of the molecule is CC/C=C\C/C=C\C/C=C\C/C=C\C/C=C\CCCCCCCCCCCC(=O)OCC(COC(=O)CCCCCCC/C=C\C/C=C\CCCCCC)OC(=O)CCCCCCCCCCC/C=C\CCCCCCCCCC. The lowest BCUT2D eigenvalue weighted by Gasteiger charge is -2.18. The van der Waals surface area contributed by atoms with Crippen LogP contribution in [0.5, 0.6) is 0 Å². The second-order valence-corrected chi connectivity index (χ2v) is 22.7. The predicted octanol–water partition coefficient (Wildman–Crippen LogP) is 23.6. The van der Waals surface area contributed by atoms with Gasteiger partial charge in [-0.15, -0.1) is 0 Å². The Hall–Kier alpha value is -3.67. The molecule has 0 aliphatic heterocycles. The summed E-state index contributed by atoms with van der Waals surface area (Å²) in [6, 6.07) is 0. The minimum absolute atomic E-state index is 0.0850. The molecule has 0 aromatic heterocycles. The highest BCUT2D eigenvalue weighted by atomic mass is 16.6. The van der Waals surface area contributed by atoms with Crippen molar-refractivity contribution in [3.63, 3.8) is 0 Å². The maximum Gasteiger partial charge on any atom is 0.306 e. The molecule has 0 saturated heterocycles. The van der Waals surface area contributed by atoms with Crippen molar-refractivity contribution >= 4 is 17.9 Å². The molecule has 0 amide bonds. The third kappa shape index (κ3) is 65.1. The van der Waals surface area contributed by atoms with Gasteiger partial charge >= 0.3 is 17.9 Å². The van der Waals surface area contributed by atoms with E-state index in [1.807, 2.05) is 0 Å². The minimum Gasteiger partial charge on any atom is -0.462 e. The van der Waals surface area contributed by atoms with Gasteiger partial charge in [0.15, 0.2) is 6.10 Å². The van der Waals surface area contributed by atoms with E-state index >= 15 is 0 Å². The summed E-state index contributed by atoms with van der Waals surface area (Å²) in [5, 5.41) is 0. The Kier molecular flexibility index (Phi) is 64.7. The smallest absolute Gasteiger partial charge is 0.306 e. The van der Waals surface area contributed by atoms with Gasteiger partial charge in [-0.3, -0.25) is 14.4 Å². The number of ether oxygens (including phenoxy) is 3. The molecule has 0 radical (unpaired) electrons. The van der Waals surface area contributed by atoms with Crippen LogP contribution in [0.25, 0.3) is 0 Å². The van der Waals surface area contributed by atoms with Crippen molar-refractivity contribution in [1.29, 1.82) is 0 Å². The first-order valence-corrected chi connectivity index (χ1v) is 34.2. The zero-order valence-electron chi connectivity index (χ0n) is 52.8. The highest BCUT2D eigenvalue weighted by Crippen LogP contribution is 2.16. The molecule has 460 valence electrons. The van der Waals surface area contributed by atoms with Crippen molar-refractivity contribution in [2.75, 3.05) is 13.2 Å². The van der Waals surface area contributed by atoms with Gasteiger partial charge in [0.2, 0.25) is 0 Å². The molecule has 80 heavy (non-hydrogen) atoms. The van der Waals surface area contributed by atoms with Crippen LogP contribution in [0.3, 0.4) is 0 Å². The molecule has 0 aliphatic rings. The highest BCUT2D eigenvalue weighted by molar-refractivity contribution is 5.71. The molecule has 0 aliphatic carbocycles. The van der Waals surface area contributed by atoms with Crippen LogP contribution >= 0.6 is 0 Å². The van der Waals surface area contributed by atoms with Gasteiger partial charge < -0.3 is 14.2 Å². The normalized spacial score (nSPS) is 12.7. The predicted molar refractivity (Wildman–Crippen MR) is 348 cm³/mol. The molecule has 0 N–H and O–H groups in total. The number of carbonyl (C=O) groups excluding carboxylic acids is 3. The monoisotopic (exact) mass is 1110 g/mol. The van der Waals surface area contributed by atoms with Crippen LogP contribution in [0.1, 0.15) is 335 Å².